The first-order chi connectivity index (χ1) is 14.8. The van der Waals surface area contributed by atoms with Crippen molar-refractivity contribution in [1.29, 1.82) is 0 Å². The van der Waals surface area contributed by atoms with Crippen LogP contribution in [0.4, 0.5) is 5.82 Å². The van der Waals surface area contributed by atoms with E-state index in [0.717, 1.165) is 37.8 Å². The van der Waals surface area contributed by atoms with E-state index in [-0.39, 0.29) is 5.91 Å². The first-order valence-corrected chi connectivity index (χ1v) is 11.6. The summed E-state index contributed by atoms with van der Waals surface area (Å²) in [7, 11) is 0. The van der Waals surface area contributed by atoms with Crippen LogP contribution < -0.4 is 10.2 Å². The van der Waals surface area contributed by atoms with Crippen LogP contribution in [0.5, 0.6) is 0 Å². The Morgan fingerprint density at radius 2 is 1.77 bits per heavy atom. The van der Waals surface area contributed by atoms with E-state index in [2.05, 4.69) is 38.3 Å². The van der Waals surface area contributed by atoms with Gasteiger partial charge in [0.25, 0.3) is 5.91 Å². The van der Waals surface area contributed by atoms with Crippen LogP contribution in [0, 0.1) is 0 Å². The monoisotopic (exact) mass is 404 g/mol. The van der Waals surface area contributed by atoms with Gasteiger partial charge in [-0.15, -0.1) is 0 Å². The number of pyridine rings is 1. The molecule has 0 unspecified atom stereocenters. The summed E-state index contributed by atoms with van der Waals surface area (Å²) in [6.45, 7) is 5.05. The minimum atomic E-state index is -0.0541. The van der Waals surface area contributed by atoms with Gasteiger partial charge in [0, 0.05) is 45.0 Å². The lowest BCUT2D eigenvalue weighted by Gasteiger charge is -2.36. The molecule has 1 saturated heterocycles. The number of hydrogen-bond donors (Lipinski definition) is 1. The maximum atomic E-state index is 12.6. The molecule has 1 saturated carbocycles. The van der Waals surface area contributed by atoms with E-state index in [1.54, 1.807) is 6.20 Å². The SMILES string of the molecule is O=C(NCc1ccc2c(c1)CCN(C1CCC1)CC2)c1ccc(N2CCCC2)nc1. The lowest BCUT2D eigenvalue weighted by molar-refractivity contribution is 0.0950. The fourth-order valence-electron chi connectivity index (χ4n) is 4.96. The molecule has 2 aromatic rings. The average molecular weight is 405 g/mol. The number of hydrogen-bond acceptors (Lipinski definition) is 4. The molecule has 5 nitrogen and oxygen atoms in total. The van der Waals surface area contributed by atoms with E-state index in [1.807, 2.05) is 12.1 Å². The summed E-state index contributed by atoms with van der Waals surface area (Å²) in [5.41, 5.74) is 4.75. The first kappa shape index (κ1) is 19.6. The number of benzene rings is 1. The van der Waals surface area contributed by atoms with Gasteiger partial charge in [-0.2, -0.15) is 0 Å². The van der Waals surface area contributed by atoms with Gasteiger partial charge < -0.3 is 10.2 Å². The zero-order chi connectivity index (χ0) is 20.3. The van der Waals surface area contributed by atoms with Crippen LogP contribution in [-0.4, -0.2) is 48.0 Å². The third-order valence-corrected chi connectivity index (χ3v) is 7.09. The lowest BCUT2D eigenvalue weighted by atomic mass is 9.91. The Bertz CT molecular complexity index is 885. The quantitative estimate of drug-likeness (QED) is 0.828. The van der Waals surface area contributed by atoms with Gasteiger partial charge in [-0.3, -0.25) is 9.69 Å². The summed E-state index contributed by atoms with van der Waals surface area (Å²) in [5, 5.41) is 3.07. The number of nitrogens with one attached hydrogen (secondary N) is 1. The van der Waals surface area contributed by atoms with E-state index in [9.17, 15) is 4.79 Å². The molecule has 158 valence electrons. The number of fused-ring (bicyclic) bond motifs is 1. The number of amides is 1. The van der Waals surface area contributed by atoms with Crippen LogP contribution in [0.1, 0.15) is 59.2 Å². The summed E-state index contributed by atoms with van der Waals surface area (Å²) in [4.78, 5) is 22.0. The second-order valence-corrected chi connectivity index (χ2v) is 9.01. The number of rotatable bonds is 5. The first-order valence-electron chi connectivity index (χ1n) is 11.6. The van der Waals surface area contributed by atoms with Gasteiger partial charge in [-0.25, -0.2) is 4.98 Å². The van der Waals surface area contributed by atoms with E-state index in [0.29, 0.717) is 12.1 Å². The van der Waals surface area contributed by atoms with E-state index in [4.69, 9.17) is 0 Å². The Morgan fingerprint density at radius 1 is 0.967 bits per heavy atom. The fourth-order valence-corrected chi connectivity index (χ4v) is 4.96. The number of carbonyl (C=O) groups is 1. The molecule has 1 amide bonds. The van der Waals surface area contributed by atoms with E-state index < -0.39 is 0 Å². The molecule has 0 bridgehead atoms. The molecule has 3 heterocycles. The Labute approximate surface area is 179 Å². The van der Waals surface area contributed by atoms with Crippen LogP contribution in [0.2, 0.25) is 0 Å². The van der Waals surface area contributed by atoms with Crippen molar-refractivity contribution in [2.75, 3.05) is 31.1 Å². The molecule has 5 heteroatoms. The van der Waals surface area contributed by atoms with Gasteiger partial charge in [0.15, 0.2) is 0 Å². The van der Waals surface area contributed by atoms with E-state index in [1.165, 1.54) is 61.9 Å². The number of nitrogens with zero attached hydrogens (tertiary/aromatic N) is 3. The highest BCUT2D eigenvalue weighted by molar-refractivity contribution is 5.94. The highest BCUT2D eigenvalue weighted by Gasteiger charge is 2.26. The second kappa shape index (κ2) is 8.76. The van der Waals surface area contributed by atoms with Crippen molar-refractivity contribution < 1.29 is 4.79 Å². The van der Waals surface area contributed by atoms with Crippen LogP contribution in [0.15, 0.2) is 36.5 Å². The van der Waals surface area contributed by atoms with Gasteiger partial charge in [0.1, 0.15) is 5.82 Å². The van der Waals surface area contributed by atoms with Crippen LogP contribution in [0.3, 0.4) is 0 Å². The molecule has 2 aliphatic heterocycles. The van der Waals surface area contributed by atoms with Crippen molar-refractivity contribution in [3.63, 3.8) is 0 Å². The summed E-state index contributed by atoms with van der Waals surface area (Å²) in [5.74, 6) is 0.923. The van der Waals surface area contributed by atoms with Gasteiger partial charge >= 0.3 is 0 Å². The normalized spacial score (nSPS) is 19.8. The molecule has 5 rings (SSSR count). The molecule has 1 aliphatic carbocycles. The molecular formula is C25H32N4O. The van der Waals surface area contributed by atoms with Crippen LogP contribution in [-0.2, 0) is 19.4 Å². The number of carbonyl (C=O) groups excluding carboxylic acids is 1. The van der Waals surface area contributed by atoms with Crippen LogP contribution in [0.25, 0.3) is 0 Å². The van der Waals surface area contributed by atoms with Crippen molar-refractivity contribution in [1.82, 2.24) is 15.2 Å². The molecule has 1 aromatic heterocycles. The molecule has 3 aliphatic rings. The third-order valence-electron chi connectivity index (χ3n) is 7.09. The molecule has 2 fully saturated rings. The smallest absolute Gasteiger partial charge is 0.253 e. The largest absolute Gasteiger partial charge is 0.357 e. The number of aromatic nitrogens is 1. The molecule has 0 radical (unpaired) electrons. The Balaban J connectivity index is 1.17. The summed E-state index contributed by atoms with van der Waals surface area (Å²) >= 11 is 0. The van der Waals surface area contributed by atoms with Crippen molar-refractivity contribution in [2.24, 2.45) is 0 Å². The summed E-state index contributed by atoms with van der Waals surface area (Å²) in [6, 6.07) is 11.4. The van der Waals surface area contributed by atoms with Gasteiger partial charge in [-0.1, -0.05) is 24.6 Å². The highest BCUT2D eigenvalue weighted by atomic mass is 16.1. The predicted octanol–water partition coefficient (Wildman–Crippen LogP) is 3.56. The third kappa shape index (κ3) is 4.22. The Hall–Kier alpha value is -2.40. The topological polar surface area (TPSA) is 48.5 Å². The van der Waals surface area contributed by atoms with Gasteiger partial charge in [0.05, 0.1) is 5.56 Å². The molecule has 0 spiro atoms. The zero-order valence-electron chi connectivity index (χ0n) is 17.8. The lowest BCUT2D eigenvalue weighted by Crippen LogP contribution is -2.41. The van der Waals surface area contributed by atoms with Crippen LogP contribution >= 0.6 is 0 Å². The molecule has 1 aromatic carbocycles. The Kier molecular flexibility index (Phi) is 5.71. The van der Waals surface area contributed by atoms with Crippen molar-refractivity contribution in [2.45, 2.75) is 57.5 Å². The standard InChI is InChI=1S/C25H32N4O/c30-25(22-8-9-24(26-18-22)29-12-1-2-13-29)27-17-19-6-7-20-10-14-28(23-4-3-5-23)15-11-21(20)16-19/h6-9,16,18,23H,1-5,10-15,17H2,(H,27,30). The average Bonchev–Trinajstić information content (AvgIpc) is 3.20. The molecule has 30 heavy (non-hydrogen) atoms. The second-order valence-electron chi connectivity index (χ2n) is 9.01. The number of anilines is 1. The van der Waals surface area contributed by atoms with Crippen molar-refractivity contribution >= 4 is 11.7 Å². The van der Waals surface area contributed by atoms with E-state index >= 15 is 0 Å². The highest BCUT2D eigenvalue weighted by Crippen LogP contribution is 2.27. The van der Waals surface area contributed by atoms with Gasteiger partial charge in [-0.05, 0) is 67.3 Å². The minimum absolute atomic E-state index is 0.0541. The summed E-state index contributed by atoms with van der Waals surface area (Å²) in [6.07, 6.45) is 10.6. The maximum absolute atomic E-state index is 12.6. The van der Waals surface area contributed by atoms with Gasteiger partial charge in [0.2, 0.25) is 0 Å². The predicted molar refractivity (Wildman–Crippen MR) is 120 cm³/mol. The minimum Gasteiger partial charge on any atom is -0.357 e. The zero-order valence-corrected chi connectivity index (χ0v) is 17.8. The summed E-state index contributed by atoms with van der Waals surface area (Å²) < 4.78 is 0. The van der Waals surface area contributed by atoms with Crippen molar-refractivity contribution in [3.05, 3.63) is 58.8 Å². The van der Waals surface area contributed by atoms with Crippen molar-refractivity contribution in [3.8, 4) is 0 Å². The maximum Gasteiger partial charge on any atom is 0.253 e. The molecular weight excluding hydrogens is 372 g/mol. The fraction of sp³-hybridized carbons (Fsp3) is 0.520. The molecule has 0 atom stereocenters. The molecule has 1 N–H and O–H groups in total. The Morgan fingerprint density at radius 3 is 2.47 bits per heavy atom.